The third kappa shape index (κ3) is 4.50. The van der Waals surface area contributed by atoms with Crippen LogP contribution in [0.4, 0.5) is 5.00 Å². The van der Waals surface area contributed by atoms with Crippen LogP contribution in [-0.2, 0) is 17.6 Å². The Kier molecular flexibility index (Phi) is 6.50. The first kappa shape index (κ1) is 19.4. The molecular formula is C21H25NO4S. The minimum Gasteiger partial charge on any atom is -0.494 e. The van der Waals surface area contributed by atoms with Crippen LogP contribution in [0.5, 0.6) is 5.75 Å². The Labute approximate surface area is 163 Å². The summed E-state index contributed by atoms with van der Waals surface area (Å²) in [6.07, 6.45) is 6.35. The molecule has 5 nitrogen and oxygen atoms in total. The number of methoxy groups -OCH3 is 1. The predicted molar refractivity (Wildman–Crippen MR) is 107 cm³/mol. The van der Waals surface area contributed by atoms with Crippen molar-refractivity contribution in [1.29, 1.82) is 0 Å². The number of fused-ring (bicyclic) bond motifs is 1. The van der Waals surface area contributed by atoms with Gasteiger partial charge in [0.1, 0.15) is 10.8 Å². The van der Waals surface area contributed by atoms with Crippen LogP contribution in [0.3, 0.4) is 0 Å². The maximum absolute atomic E-state index is 12.7. The smallest absolute Gasteiger partial charge is 0.341 e. The summed E-state index contributed by atoms with van der Waals surface area (Å²) in [5.74, 6) is 0.107. The van der Waals surface area contributed by atoms with E-state index in [1.165, 1.54) is 36.2 Å². The van der Waals surface area contributed by atoms with E-state index in [4.69, 9.17) is 9.47 Å². The summed E-state index contributed by atoms with van der Waals surface area (Å²) in [7, 11) is 1.38. The van der Waals surface area contributed by atoms with E-state index in [2.05, 4.69) is 5.32 Å². The standard InChI is InChI=1S/C21H25NO4S/c1-3-26-15-12-10-14(11-13-15)19(23)22-20-18(21(24)25-2)16-8-6-4-5-7-9-17(16)27-20/h10-13H,3-9H2,1-2H3,(H,22,23). The van der Waals surface area contributed by atoms with Gasteiger partial charge in [-0.05, 0) is 62.4 Å². The van der Waals surface area contributed by atoms with E-state index in [1.54, 1.807) is 24.3 Å². The lowest BCUT2D eigenvalue weighted by Crippen LogP contribution is -2.14. The fourth-order valence-corrected chi connectivity index (χ4v) is 4.64. The molecule has 0 saturated carbocycles. The summed E-state index contributed by atoms with van der Waals surface area (Å²) < 4.78 is 10.4. The first-order valence-corrected chi connectivity index (χ1v) is 10.2. The van der Waals surface area contributed by atoms with Crippen molar-refractivity contribution in [1.82, 2.24) is 0 Å². The maximum atomic E-state index is 12.7. The SMILES string of the molecule is CCOc1ccc(C(=O)Nc2sc3c(c2C(=O)OC)CCCCCC3)cc1. The van der Waals surface area contributed by atoms with E-state index >= 15 is 0 Å². The largest absolute Gasteiger partial charge is 0.494 e. The second-order valence-electron chi connectivity index (χ2n) is 6.53. The molecule has 1 aromatic carbocycles. The molecule has 3 rings (SSSR count). The number of nitrogens with one attached hydrogen (secondary N) is 1. The number of carbonyl (C=O) groups is 2. The molecule has 1 amide bonds. The summed E-state index contributed by atoms with van der Waals surface area (Å²) in [4.78, 5) is 26.3. The molecule has 1 heterocycles. The molecule has 0 radical (unpaired) electrons. The Bertz CT molecular complexity index is 810. The van der Waals surface area contributed by atoms with E-state index in [0.29, 0.717) is 22.7 Å². The number of hydrogen-bond donors (Lipinski definition) is 1. The lowest BCUT2D eigenvalue weighted by Gasteiger charge is -2.11. The molecule has 144 valence electrons. The first-order chi connectivity index (χ1) is 13.1. The van der Waals surface area contributed by atoms with Crippen molar-refractivity contribution in [2.45, 2.75) is 45.4 Å². The van der Waals surface area contributed by atoms with Gasteiger partial charge in [0.25, 0.3) is 5.91 Å². The minimum atomic E-state index is -0.380. The highest BCUT2D eigenvalue weighted by Gasteiger charge is 2.26. The predicted octanol–water partition coefficient (Wildman–Crippen LogP) is 4.84. The fraction of sp³-hybridized carbons (Fsp3) is 0.429. The zero-order chi connectivity index (χ0) is 19.2. The summed E-state index contributed by atoms with van der Waals surface area (Å²) >= 11 is 1.51. The Hall–Kier alpha value is -2.34. The van der Waals surface area contributed by atoms with Crippen molar-refractivity contribution in [3.8, 4) is 5.75 Å². The highest BCUT2D eigenvalue weighted by molar-refractivity contribution is 7.17. The van der Waals surface area contributed by atoms with Gasteiger partial charge in [-0.2, -0.15) is 0 Å². The number of esters is 1. The quantitative estimate of drug-likeness (QED) is 0.745. The van der Waals surface area contributed by atoms with Crippen molar-refractivity contribution in [2.24, 2.45) is 0 Å². The van der Waals surface area contributed by atoms with Crippen molar-refractivity contribution in [3.05, 3.63) is 45.8 Å². The van der Waals surface area contributed by atoms with Gasteiger partial charge >= 0.3 is 5.97 Å². The van der Waals surface area contributed by atoms with E-state index < -0.39 is 0 Å². The van der Waals surface area contributed by atoms with E-state index in [-0.39, 0.29) is 11.9 Å². The van der Waals surface area contributed by atoms with E-state index in [1.807, 2.05) is 6.92 Å². The zero-order valence-corrected chi connectivity index (χ0v) is 16.6. The van der Waals surface area contributed by atoms with Crippen molar-refractivity contribution in [3.63, 3.8) is 0 Å². The Morgan fingerprint density at radius 1 is 1.07 bits per heavy atom. The molecule has 6 heteroatoms. The van der Waals surface area contributed by atoms with Gasteiger partial charge in [-0.1, -0.05) is 12.8 Å². The Morgan fingerprint density at radius 2 is 1.78 bits per heavy atom. The van der Waals surface area contributed by atoms with Crippen molar-refractivity contribution in [2.75, 3.05) is 19.0 Å². The molecule has 2 aromatic rings. The lowest BCUT2D eigenvalue weighted by atomic mass is 9.96. The van der Waals surface area contributed by atoms with E-state index in [0.717, 1.165) is 37.0 Å². The molecule has 0 spiro atoms. The van der Waals surface area contributed by atoms with Gasteiger partial charge in [0.2, 0.25) is 0 Å². The van der Waals surface area contributed by atoms with Crippen LogP contribution in [0.1, 0.15) is 63.8 Å². The van der Waals surface area contributed by atoms with Crippen molar-refractivity contribution >= 4 is 28.2 Å². The normalized spacial score (nSPS) is 13.9. The second kappa shape index (κ2) is 9.04. The first-order valence-electron chi connectivity index (χ1n) is 9.41. The second-order valence-corrected chi connectivity index (χ2v) is 7.63. The van der Waals surface area contributed by atoms with Gasteiger partial charge in [-0.15, -0.1) is 11.3 Å². The molecule has 0 saturated heterocycles. The molecule has 1 aliphatic carbocycles. The molecule has 1 aliphatic rings. The Morgan fingerprint density at radius 3 is 2.44 bits per heavy atom. The number of carbonyl (C=O) groups excluding carboxylic acids is 2. The molecule has 1 N–H and O–H groups in total. The van der Waals surface area contributed by atoms with Crippen LogP contribution in [0, 0.1) is 0 Å². The molecule has 0 aliphatic heterocycles. The number of aryl methyl sites for hydroxylation is 1. The average molecular weight is 388 g/mol. The van der Waals surface area contributed by atoms with Gasteiger partial charge in [-0.25, -0.2) is 4.79 Å². The van der Waals surface area contributed by atoms with Gasteiger partial charge in [0, 0.05) is 10.4 Å². The van der Waals surface area contributed by atoms with Crippen LogP contribution >= 0.6 is 11.3 Å². The van der Waals surface area contributed by atoms with E-state index in [9.17, 15) is 9.59 Å². The van der Waals surface area contributed by atoms with Crippen LogP contribution < -0.4 is 10.1 Å². The topological polar surface area (TPSA) is 64.6 Å². The molecule has 0 bridgehead atoms. The van der Waals surface area contributed by atoms with Crippen LogP contribution in [-0.4, -0.2) is 25.6 Å². The number of rotatable bonds is 5. The van der Waals surface area contributed by atoms with Crippen LogP contribution in [0.15, 0.2) is 24.3 Å². The van der Waals surface area contributed by atoms with Gasteiger partial charge in [-0.3, -0.25) is 4.79 Å². The molecule has 0 fully saturated rings. The number of hydrogen-bond acceptors (Lipinski definition) is 5. The monoisotopic (exact) mass is 387 g/mol. The van der Waals surface area contributed by atoms with Crippen molar-refractivity contribution < 1.29 is 19.1 Å². The maximum Gasteiger partial charge on any atom is 0.341 e. The summed E-state index contributed by atoms with van der Waals surface area (Å²) in [6.45, 7) is 2.49. The van der Waals surface area contributed by atoms with Crippen LogP contribution in [0.2, 0.25) is 0 Å². The molecule has 1 aromatic heterocycles. The third-order valence-corrected chi connectivity index (χ3v) is 5.92. The molecule has 0 atom stereocenters. The number of thiophene rings is 1. The number of benzene rings is 1. The molecule has 0 unspecified atom stereocenters. The average Bonchev–Trinajstić information content (AvgIpc) is 2.98. The third-order valence-electron chi connectivity index (χ3n) is 4.72. The Balaban J connectivity index is 1.87. The summed E-state index contributed by atoms with van der Waals surface area (Å²) in [6, 6.07) is 6.99. The van der Waals surface area contributed by atoms with Gasteiger partial charge in [0.05, 0.1) is 19.3 Å². The molecule has 27 heavy (non-hydrogen) atoms. The highest BCUT2D eigenvalue weighted by atomic mass is 32.1. The number of anilines is 1. The number of amides is 1. The summed E-state index contributed by atoms with van der Waals surface area (Å²) in [5, 5.41) is 3.52. The summed E-state index contributed by atoms with van der Waals surface area (Å²) in [5.41, 5.74) is 2.10. The van der Waals surface area contributed by atoms with Crippen LogP contribution in [0.25, 0.3) is 0 Å². The van der Waals surface area contributed by atoms with Gasteiger partial charge < -0.3 is 14.8 Å². The lowest BCUT2D eigenvalue weighted by molar-refractivity contribution is 0.0601. The zero-order valence-electron chi connectivity index (χ0n) is 15.8. The van der Waals surface area contributed by atoms with Gasteiger partial charge in [0.15, 0.2) is 0 Å². The molecular weight excluding hydrogens is 362 g/mol. The highest BCUT2D eigenvalue weighted by Crippen LogP contribution is 2.37. The minimum absolute atomic E-state index is 0.238. The number of ether oxygens (including phenoxy) is 2. The fourth-order valence-electron chi connectivity index (χ4n) is 3.37.